The molecule has 0 amide bonds. The molecule has 0 aromatic heterocycles. The zero-order valence-corrected chi connectivity index (χ0v) is 35.5. The van der Waals surface area contributed by atoms with Crippen molar-refractivity contribution in [2.24, 2.45) is 29.1 Å². The Kier molecular flexibility index (Phi) is 16.7. The molecule has 6 N–H and O–H groups in total. The monoisotopic (exact) mass is 787 g/mol. The summed E-state index contributed by atoms with van der Waals surface area (Å²) in [6.07, 6.45) is 20.9. The number of hydrogen-bond donors (Lipinski definition) is 6. The fourth-order valence-electron chi connectivity index (χ4n) is 11.5. The number of carbonyl (C=O) groups excluding carboxylic acids is 1. The van der Waals surface area contributed by atoms with Gasteiger partial charge in [-0.05, 0) is 151 Å². The number of carbonyl (C=O) groups is 1. The Balaban J connectivity index is 1.39. The van der Waals surface area contributed by atoms with Crippen molar-refractivity contribution in [1.29, 1.82) is 0 Å². The number of rotatable bonds is 16. The number of fused-ring (bicyclic) bond motifs is 2. The van der Waals surface area contributed by atoms with Crippen molar-refractivity contribution in [2.45, 2.75) is 127 Å². The number of aldehydes is 1. The second-order valence-electron chi connectivity index (χ2n) is 18.0. The maximum Gasteiger partial charge on any atom is 0.145 e. The van der Waals surface area contributed by atoms with E-state index in [4.69, 9.17) is 4.74 Å². The second-order valence-corrected chi connectivity index (χ2v) is 18.0. The normalized spacial score (nSPS) is 32.6. The zero-order valence-electron chi connectivity index (χ0n) is 35.5. The second kappa shape index (κ2) is 21.0. The number of benzene rings is 1. The molecule has 57 heavy (non-hydrogen) atoms. The van der Waals surface area contributed by atoms with Gasteiger partial charge in [0, 0.05) is 43.7 Å². The highest BCUT2D eigenvalue weighted by atomic mass is 16.5. The van der Waals surface area contributed by atoms with Crippen molar-refractivity contribution in [2.75, 3.05) is 47.1 Å². The summed E-state index contributed by atoms with van der Waals surface area (Å²) in [6.45, 7) is 10.6. The summed E-state index contributed by atoms with van der Waals surface area (Å²) >= 11 is 0. The Hall–Kier alpha value is -2.69. The average Bonchev–Trinajstić information content (AvgIpc) is 3.88. The van der Waals surface area contributed by atoms with Crippen molar-refractivity contribution in [3.63, 3.8) is 0 Å². The minimum atomic E-state index is -1.17. The van der Waals surface area contributed by atoms with E-state index in [1.807, 2.05) is 33.2 Å². The van der Waals surface area contributed by atoms with Gasteiger partial charge in [-0.2, -0.15) is 0 Å². The Morgan fingerprint density at radius 3 is 2.60 bits per heavy atom. The van der Waals surface area contributed by atoms with E-state index in [2.05, 4.69) is 60.6 Å². The lowest BCUT2D eigenvalue weighted by Gasteiger charge is -2.57. The van der Waals surface area contributed by atoms with Crippen molar-refractivity contribution in [3.8, 4) is 0 Å². The first-order valence-corrected chi connectivity index (χ1v) is 22.0. The third-order valence-corrected chi connectivity index (χ3v) is 14.8. The van der Waals surface area contributed by atoms with Crippen LogP contribution in [0.3, 0.4) is 0 Å². The van der Waals surface area contributed by atoms with Crippen LogP contribution in [0, 0.1) is 29.1 Å². The summed E-state index contributed by atoms with van der Waals surface area (Å²) in [4.78, 5) is 12.1. The number of ether oxygens (including phenoxy) is 1. The average molecular weight is 787 g/mol. The number of nitrogens with one attached hydrogen (secondary N) is 2. The molecule has 1 spiro atoms. The van der Waals surface area contributed by atoms with Crippen LogP contribution in [0.2, 0.25) is 0 Å². The molecule has 1 aromatic rings. The van der Waals surface area contributed by atoms with Gasteiger partial charge in [-0.15, -0.1) is 0 Å². The maximum absolute atomic E-state index is 12.5. The van der Waals surface area contributed by atoms with Crippen LogP contribution in [0.25, 0.3) is 0 Å². The van der Waals surface area contributed by atoms with E-state index >= 15 is 0 Å². The molecule has 0 unspecified atom stereocenters. The number of methoxy groups -OCH3 is 1. The minimum Gasteiger partial charge on any atom is -0.396 e. The van der Waals surface area contributed by atoms with E-state index in [9.17, 15) is 25.2 Å². The molecule has 1 aromatic carbocycles. The Morgan fingerprint density at radius 2 is 1.89 bits per heavy atom. The van der Waals surface area contributed by atoms with E-state index in [0.29, 0.717) is 63.0 Å². The lowest BCUT2D eigenvalue weighted by Crippen LogP contribution is -2.61. The molecule has 0 radical (unpaired) electrons. The molecule has 0 saturated heterocycles. The van der Waals surface area contributed by atoms with Gasteiger partial charge in [-0.25, -0.2) is 0 Å². The van der Waals surface area contributed by atoms with E-state index in [0.717, 1.165) is 61.8 Å². The SMILES string of the molecule is C=C(C=CC=C(CO)[C@H]1CC[C@]2([C@@H]1O)[C@@H](CCCO)C(=C(C)C=O)CC[C@]2(O)CCNC)[C@H]1CC=C(C)CN[C@@](CCOC)(C2CCCC2)Cc2cccc(c2)C1. The first-order valence-electron chi connectivity index (χ1n) is 22.0. The summed E-state index contributed by atoms with van der Waals surface area (Å²) in [7, 11) is 3.68. The molecule has 3 fully saturated rings. The highest BCUT2D eigenvalue weighted by Gasteiger charge is 2.65. The van der Waals surface area contributed by atoms with Gasteiger partial charge in [0.25, 0.3) is 0 Å². The van der Waals surface area contributed by atoms with Gasteiger partial charge in [0.2, 0.25) is 0 Å². The van der Waals surface area contributed by atoms with Gasteiger partial charge >= 0.3 is 0 Å². The molecule has 1 aliphatic heterocycles. The van der Waals surface area contributed by atoms with E-state index < -0.39 is 17.1 Å². The fourth-order valence-corrected chi connectivity index (χ4v) is 11.5. The maximum atomic E-state index is 12.5. The molecule has 3 saturated carbocycles. The molecular formula is C49H74N2O6. The molecule has 7 atom stereocenters. The molecular weight excluding hydrogens is 713 g/mol. The molecule has 8 nitrogen and oxygen atoms in total. The third-order valence-electron chi connectivity index (χ3n) is 14.8. The van der Waals surface area contributed by atoms with Crippen molar-refractivity contribution in [1.82, 2.24) is 10.6 Å². The number of aliphatic hydroxyl groups excluding tert-OH is 3. The summed E-state index contributed by atoms with van der Waals surface area (Å²) in [5.74, 6) is 0.215. The number of hydrogen-bond acceptors (Lipinski definition) is 8. The smallest absolute Gasteiger partial charge is 0.145 e. The first kappa shape index (κ1) is 45.4. The van der Waals surface area contributed by atoms with Gasteiger partial charge in [-0.3, -0.25) is 4.79 Å². The quantitative estimate of drug-likeness (QED) is 0.0453. The van der Waals surface area contributed by atoms with Crippen molar-refractivity contribution < 1.29 is 30.0 Å². The largest absolute Gasteiger partial charge is 0.396 e. The van der Waals surface area contributed by atoms with Gasteiger partial charge in [-0.1, -0.05) is 84.7 Å². The van der Waals surface area contributed by atoms with Crippen LogP contribution in [0.15, 0.2) is 83.0 Å². The van der Waals surface area contributed by atoms with Crippen LogP contribution in [0.1, 0.15) is 108 Å². The lowest BCUT2D eigenvalue weighted by molar-refractivity contribution is -0.180. The third kappa shape index (κ3) is 10.2. The number of aliphatic hydroxyl groups is 4. The Labute approximate surface area is 343 Å². The predicted octanol–water partition coefficient (Wildman–Crippen LogP) is 7.12. The Morgan fingerprint density at radius 1 is 1.12 bits per heavy atom. The van der Waals surface area contributed by atoms with Gasteiger partial charge in [0.05, 0.1) is 18.3 Å². The minimum absolute atomic E-state index is 0.000380. The van der Waals surface area contributed by atoms with Crippen LogP contribution in [-0.4, -0.2) is 91.0 Å². The molecule has 8 heteroatoms. The summed E-state index contributed by atoms with van der Waals surface area (Å²) in [5.41, 5.74) is 5.33. The van der Waals surface area contributed by atoms with Crippen molar-refractivity contribution in [3.05, 3.63) is 94.1 Å². The molecule has 3 aliphatic carbocycles. The highest BCUT2D eigenvalue weighted by molar-refractivity contribution is 5.74. The predicted molar refractivity (Wildman–Crippen MR) is 231 cm³/mol. The van der Waals surface area contributed by atoms with Crippen molar-refractivity contribution >= 4 is 6.29 Å². The van der Waals surface area contributed by atoms with E-state index in [-0.39, 0.29) is 36.5 Å². The molecule has 1 heterocycles. The van der Waals surface area contributed by atoms with Crippen LogP contribution in [0.4, 0.5) is 0 Å². The zero-order chi connectivity index (χ0) is 41.1. The summed E-state index contributed by atoms with van der Waals surface area (Å²) < 4.78 is 5.66. The standard InChI is InChI=1S/C49H74N2O6/c1-35-18-19-40(30-38-12-9-13-39(29-38)31-47(51-32-35,25-28-57-5)42-15-6-7-16-42)36(2)11-8-14-41(34-54)44-21-23-49(46(44)55)45(17-10-27-52)43(37(3)33-53)20-22-48(49,56)24-26-50-4/h8-9,11-14,18,29,33,40,42,44-46,50-52,54-56H,2,6-7,10,15-17,19-28,30-32,34H2,1,3-5H3/t40-,44+,45-,46+,47+,48-,49+/m0/s1. The Bertz CT molecular complexity index is 1620. The summed E-state index contributed by atoms with van der Waals surface area (Å²) in [6, 6.07) is 9.13. The van der Waals surface area contributed by atoms with Gasteiger partial charge in [0.1, 0.15) is 6.29 Å². The van der Waals surface area contributed by atoms with Gasteiger partial charge < -0.3 is 35.8 Å². The lowest BCUT2D eigenvalue weighted by atomic mass is 9.51. The molecule has 5 rings (SSSR count). The van der Waals surface area contributed by atoms with E-state index in [1.54, 1.807) is 0 Å². The van der Waals surface area contributed by atoms with Crippen LogP contribution < -0.4 is 10.6 Å². The van der Waals surface area contributed by atoms with Crippen LogP contribution in [-0.2, 0) is 22.4 Å². The number of allylic oxidation sites excluding steroid dienone is 7. The van der Waals surface area contributed by atoms with Gasteiger partial charge in [0.15, 0.2) is 0 Å². The van der Waals surface area contributed by atoms with Crippen LogP contribution >= 0.6 is 0 Å². The topological polar surface area (TPSA) is 131 Å². The summed E-state index contributed by atoms with van der Waals surface area (Å²) in [5, 5.41) is 52.9. The van der Waals surface area contributed by atoms with Crippen LogP contribution in [0.5, 0.6) is 0 Å². The highest BCUT2D eigenvalue weighted by Crippen LogP contribution is 2.64. The van der Waals surface area contributed by atoms with E-state index in [1.165, 1.54) is 42.4 Å². The first-order chi connectivity index (χ1) is 27.5. The molecule has 2 bridgehead atoms. The fraction of sp³-hybridized carbons (Fsp3) is 0.653. The molecule has 316 valence electrons. The molecule has 4 aliphatic rings.